The molecule has 0 bridgehead atoms. The van der Waals surface area contributed by atoms with E-state index in [1.807, 2.05) is 67.6 Å². The van der Waals surface area contributed by atoms with E-state index in [4.69, 9.17) is 4.74 Å². The fourth-order valence-electron chi connectivity index (χ4n) is 2.52. The van der Waals surface area contributed by atoms with E-state index in [-0.39, 0.29) is 0 Å². The van der Waals surface area contributed by atoms with E-state index >= 15 is 0 Å². The first-order valence-corrected chi connectivity index (χ1v) is 8.47. The number of hydrogen-bond acceptors (Lipinski definition) is 5. The van der Waals surface area contributed by atoms with Gasteiger partial charge in [0.05, 0.1) is 5.69 Å². The fraction of sp³-hybridized carbons (Fsp3) is 0.200. The highest BCUT2D eigenvalue weighted by Crippen LogP contribution is 2.31. The lowest BCUT2D eigenvalue weighted by atomic mass is 10.2. The summed E-state index contributed by atoms with van der Waals surface area (Å²) in [5.41, 5.74) is 1.78. The molecule has 1 aromatic heterocycles. The lowest BCUT2D eigenvalue weighted by Crippen LogP contribution is -2.07. The second-order valence-electron chi connectivity index (χ2n) is 6.17. The molecule has 0 radical (unpaired) electrons. The highest BCUT2D eigenvalue weighted by molar-refractivity contribution is 5.65. The Morgan fingerprint density at radius 3 is 2.52 bits per heavy atom. The summed E-state index contributed by atoms with van der Waals surface area (Å²) in [5, 5.41) is 6.70. The molecule has 0 spiro atoms. The molecule has 0 amide bonds. The predicted octanol–water partition coefficient (Wildman–Crippen LogP) is 4.90. The van der Waals surface area contributed by atoms with Crippen molar-refractivity contribution < 1.29 is 4.74 Å². The van der Waals surface area contributed by atoms with Crippen molar-refractivity contribution in [3.63, 3.8) is 0 Å². The zero-order chi connectivity index (χ0) is 17.1. The van der Waals surface area contributed by atoms with Gasteiger partial charge in [-0.05, 0) is 44.0 Å². The lowest BCUT2D eigenvalue weighted by molar-refractivity contribution is 0.485. The van der Waals surface area contributed by atoms with Gasteiger partial charge < -0.3 is 15.4 Å². The summed E-state index contributed by atoms with van der Waals surface area (Å²) in [4.78, 5) is 9.02. The van der Waals surface area contributed by atoms with E-state index < -0.39 is 0 Å². The van der Waals surface area contributed by atoms with Crippen LogP contribution in [0.25, 0.3) is 0 Å². The number of hydrogen-bond donors (Lipinski definition) is 2. The van der Waals surface area contributed by atoms with Gasteiger partial charge in [-0.1, -0.05) is 30.3 Å². The Balaban J connectivity index is 1.57. The Kier molecular flexibility index (Phi) is 4.21. The van der Waals surface area contributed by atoms with Crippen molar-refractivity contribution in [1.29, 1.82) is 0 Å². The van der Waals surface area contributed by atoms with Gasteiger partial charge in [-0.3, -0.25) is 0 Å². The van der Waals surface area contributed by atoms with Crippen LogP contribution in [0.4, 0.5) is 17.5 Å². The first-order valence-electron chi connectivity index (χ1n) is 8.47. The Bertz CT molecular complexity index is 863. The smallest absolute Gasteiger partial charge is 0.225 e. The van der Waals surface area contributed by atoms with Crippen LogP contribution < -0.4 is 15.4 Å². The van der Waals surface area contributed by atoms with Crippen LogP contribution in [-0.4, -0.2) is 16.0 Å². The van der Waals surface area contributed by atoms with Gasteiger partial charge in [0.1, 0.15) is 11.6 Å². The number of ether oxygens (including phenoxy) is 1. The summed E-state index contributed by atoms with van der Waals surface area (Å²) in [5.74, 6) is 2.97. The maximum absolute atomic E-state index is 6.00. The average molecular weight is 332 g/mol. The molecule has 126 valence electrons. The first-order chi connectivity index (χ1) is 12.3. The van der Waals surface area contributed by atoms with Gasteiger partial charge in [-0.25, -0.2) is 4.98 Å². The lowest BCUT2D eigenvalue weighted by Gasteiger charge is -2.13. The Hall–Kier alpha value is -3.08. The molecular weight excluding hydrogens is 312 g/mol. The first kappa shape index (κ1) is 15.4. The molecule has 2 aromatic carbocycles. The van der Waals surface area contributed by atoms with Crippen LogP contribution in [0, 0.1) is 6.92 Å². The molecule has 3 aromatic rings. The number of aromatic nitrogens is 2. The van der Waals surface area contributed by atoms with E-state index in [1.165, 1.54) is 12.8 Å². The van der Waals surface area contributed by atoms with Crippen molar-refractivity contribution in [2.45, 2.75) is 25.8 Å². The van der Waals surface area contributed by atoms with Crippen LogP contribution in [0.3, 0.4) is 0 Å². The van der Waals surface area contributed by atoms with Crippen molar-refractivity contribution in [2.75, 3.05) is 10.6 Å². The molecule has 2 N–H and O–H groups in total. The maximum atomic E-state index is 6.00. The van der Waals surface area contributed by atoms with Crippen LogP contribution in [0.2, 0.25) is 0 Å². The third kappa shape index (κ3) is 4.07. The van der Waals surface area contributed by atoms with Crippen LogP contribution in [-0.2, 0) is 0 Å². The van der Waals surface area contributed by atoms with Crippen molar-refractivity contribution >= 4 is 17.5 Å². The Morgan fingerprint density at radius 1 is 0.960 bits per heavy atom. The molecular formula is C20H20N4O. The minimum Gasteiger partial charge on any atom is -0.455 e. The van der Waals surface area contributed by atoms with Crippen LogP contribution >= 0.6 is 0 Å². The summed E-state index contributed by atoms with van der Waals surface area (Å²) in [7, 11) is 0. The number of nitrogens with zero attached hydrogens (tertiary/aromatic N) is 2. The van der Waals surface area contributed by atoms with Crippen molar-refractivity contribution in [3.05, 3.63) is 66.4 Å². The van der Waals surface area contributed by atoms with E-state index in [0.29, 0.717) is 12.0 Å². The van der Waals surface area contributed by atoms with E-state index in [9.17, 15) is 0 Å². The number of anilines is 3. The molecule has 1 aliphatic carbocycles. The Labute approximate surface area is 147 Å². The molecule has 0 unspecified atom stereocenters. The molecule has 1 fully saturated rings. The quantitative estimate of drug-likeness (QED) is 0.672. The topological polar surface area (TPSA) is 59.1 Å². The molecule has 5 nitrogen and oxygen atoms in total. The van der Waals surface area contributed by atoms with Crippen molar-refractivity contribution in [3.8, 4) is 11.5 Å². The number of benzene rings is 2. The monoisotopic (exact) mass is 332 g/mol. The maximum Gasteiger partial charge on any atom is 0.225 e. The molecule has 1 heterocycles. The minimum atomic E-state index is 0.517. The van der Waals surface area contributed by atoms with Crippen LogP contribution in [0.5, 0.6) is 11.5 Å². The third-order valence-corrected chi connectivity index (χ3v) is 3.89. The van der Waals surface area contributed by atoms with E-state index in [0.717, 1.165) is 28.7 Å². The number of aryl methyl sites for hydroxylation is 1. The molecule has 1 saturated carbocycles. The van der Waals surface area contributed by atoms with Gasteiger partial charge >= 0.3 is 0 Å². The van der Waals surface area contributed by atoms with Crippen LogP contribution in [0.15, 0.2) is 60.7 Å². The average Bonchev–Trinajstić information content (AvgIpc) is 3.41. The van der Waals surface area contributed by atoms with Crippen LogP contribution in [0.1, 0.15) is 18.5 Å². The number of rotatable bonds is 6. The summed E-state index contributed by atoms with van der Waals surface area (Å²) >= 11 is 0. The zero-order valence-electron chi connectivity index (χ0n) is 14.1. The fourth-order valence-corrected chi connectivity index (χ4v) is 2.52. The third-order valence-electron chi connectivity index (χ3n) is 3.89. The normalized spacial score (nSPS) is 13.3. The molecule has 5 heteroatoms. The molecule has 0 atom stereocenters. The van der Waals surface area contributed by atoms with Gasteiger partial charge in [-0.2, -0.15) is 4.98 Å². The highest BCUT2D eigenvalue weighted by atomic mass is 16.5. The van der Waals surface area contributed by atoms with Gasteiger partial charge in [0.15, 0.2) is 5.75 Å². The zero-order valence-corrected chi connectivity index (χ0v) is 14.1. The van der Waals surface area contributed by atoms with E-state index in [1.54, 1.807) is 0 Å². The number of para-hydroxylation sites is 3. The standard InChI is InChI=1S/C20H20N4O/c1-14-13-19(24-20(21-14)22-15-11-12-15)23-17-9-5-6-10-18(17)25-16-7-3-2-4-8-16/h2-10,13,15H,11-12H2,1H3,(H2,21,22,23,24). The van der Waals surface area contributed by atoms with Gasteiger partial charge in [-0.15, -0.1) is 0 Å². The largest absolute Gasteiger partial charge is 0.455 e. The molecule has 0 aliphatic heterocycles. The molecule has 1 aliphatic rings. The highest BCUT2D eigenvalue weighted by Gasteiger charge is 2.22. The second kappa shape index (κ2) is 6.81. The van der Waals surface area contributed by atoms with Gasteiger partial charge in [0.2, 0.25) is 5.95 Å². The molecule has 25 heavy (non-hydrogen) atoms. The van der Waals surface area contributed by atoms with Crippen molar-refractivity contribution in [2.24, 2.45) is 0 Å². The summed E-state index contributed by atoms with van der Waals surface area (Å²) in [6.07, 6.45) is 2.38. The second-order valence-corrected chi connectivity index (χ2v) is 6.17. The molecule has 4 rings (SSSR count). The predicted molar refractivity (Wildman–Crippen MR) is 99.7 cm³/mol. The van der Waals surface area contributed by atoms with Gasteiger partial charge in [0.25, 0.3) is 0 Å². The Morgan fingerprint density at radius 2 is 1.72 bits per heavy atom. The minimum absolute atomic E-state index is 0.517. The number of nitrogens with one attached hydrogen (secondary N) is 2. The SMILES string of the molecule is Cc1cc(Nc2ccccc2Oc2ccccc2)nc(NC2CC2)n1. The molecule has 0 saturated heterocycles. The summed E-state index contributed by atoms with van der Waals surface area (Å²) in [6, 6.07) is 20.0. The summed E-state index contributed by atoms with van der Waals surface area (Å²) in [6.45, 7) is 1.97. The van der Waals surface area contributed by atoms with Gasteiger partial charge in [0, 0.05) is 17.8 Å². The summed E-state index contributed by atoms with van der Waals surface area (Å²) < 4.78 is 6.00. The van der Waals surface area contributed by atoms with E-state index in [2.05, 4.69) is 20.6 Å². The van der Waals surface area contributed by atoms with Crippen molar-refractivity contribution in [1.82, 2.24) is 9.97 Å².